The fourth-order valence-electron chi connectivity index (χ4n) is 1.16. The summed E-state index contributed by atoms with van der Waals surface area (Å²) in [6.45, 7) is -0.780. The van der Waals surface area contributed by atoms with Crippen molar-refractivity contribution in [1.29, 1.82) is 0 Å². The van der Waals surface area contributed by atoms with Gasteiger partial charge in [-0.25, -0.2) is 0 Å². The average molecular weight is 397 g/mol. The first-order valence-electron chi connectivity index (χ1n) is 5.12. The molecular formula is C11H10ClIN2O4. The molecule has 19 heavy (non-hydrogen) atoms. The van der Waals surface area contributed by atoms with Gasteiger partial charge in [-0.3, -0.25) is 14.4 Å². The summed E-state index contributed by atoms with van der Waals surface area (Å²) < 4.78 is 0.699. The summed E-state index contributed by atoms with van der Waals surface area (Å²) in [4.78, 5) is 33.2. The number of amides is 2. The summed E-state index contributed by atoms with van der Waals surface area (Å²) in [6, 6.07) is 4.83. The van der Waals surface area contributed by atoms with Crippen LogP contribution >= 0.6 is 34.2 Å². The van der Waals surface area contributed by atoms with Crippen LogP contribution in [0.3, 0.4) is 0 Å². The summed E-state index contributed by atoms with van der Waals surface area (Å²) in [7, 11) is 0. The molecule has 0 saturated carbocycles. The third-order valence-electron chi connectivity index (χ3n) is 2.02. The second kappa shape index (κ2) is 7.29. The normalized spacial score (nSPS) is 9.79. The number of hydrogen-bond donors (Lipinski definition) is 3. The lowest BCUT2D eigenvalue weighted by molar-refractivity contribution is -0.137. The van der Waals surface area contributed by atoms with E-state index in [1.165, 1.54) is 6.07 Å². The zero-order valence-electron chi connectivity index (χ0n) is 9.57. The molecule has 0 aliphatic rings. The monoisotopic (exact) mass is 396 g/mol. The van der Waals surface area contributed by atoms with E-state index in [1.54, 1.807) is 12.1 Å². The predicted octanol–water partition coefficient (Wildman–Crippen LogP) is 0.875. The first-order chi connectivity index (χ1) is 8.90. The highest BCUT2D eigenvalue weighted by molar-refractivity contribution is 14.1. The Morgan fingerprint density at radius 1 is 1.21 bits per heavy atom. The van der Waals surface area contributed by atoms with E-state index in [0.29, 0.717) is 14.2 Å². The van der Waals surface area contributed by atoms with Gasteiger partial charge in [0.05, 0.1) is 12.1 Å². The second-order valence-electron chi connectivity index (χ2n) is 3.48. The number of carboxylic acid groups (broad SMARTS) is 1. The van der Waals surface area contributed by atoms with Crippen LogP contribution in [0.1, 0.15) is 10.4 Å². The Bertz CT molecular complexity index is 521. The van der Waals surface area contributed by atoms with Crippen molar-refractivity contribution in [3.8, 4) is 0 Å². The fraction of sp³-hybridized carbons (Fsp3) is 0.182. The minimum absolute atomic E-state index is 0.297. The van der Waals surface area contributed by atoms with Crippen LogP contribution in [0.2, 0.25) is 5.02 Å². The molecule has 1 aromatic rings. The lowest BCUT2D eigenvalue weighted by Crippen LogP contribution is -2.39. The molecule has 0 aliphatic heterocycles. The zero-order chi connectivity index (χ0) is 14.4. The van der Waals surface area contributed by atoms with Crippen LogP contribution < -0.4 is 10.6 Å². The van der Waals surface area contributed by atoms with Gasteiger partial charge in [0.15, 0.2) is 0 Å². The van der Waals surface area contributed by atoms with Crippen LogP contribution in [0.25, 0.3) is 0 Å². The summed E-state index contributed by atoms with van der Waals surface area (Å²) >= 11 is 7.76. The summed E-state index contributed by atoms with van der Waals surface area (Å²) in [5.41, 5.74) is 0.360. The van der Waals surface area contributed by atoms with Gasteiger partial charge in [-0.05, 0) is 40.8 Å². The van der Waals surface area contributed by atoms with Gasteiger partial charge >= 0.3 is 5.97 Å². The number of nitrogens with one attached hydrogen (secondary N) is 2. The molecule has 2 amide bonds. The van der Waals surface area contributed by atoms with Crippen LogP contribution in [-0.4, -0.2) is 36.0 Å². The molecule has 0 radical (unpaired) electrons. The smallest absolute Gasteiger partial charge is 0.322 e. The number of halogens is 2. The number of carboxylic acids is 1. The van der Waals surface area contributed by atoms with E-state index in [1.807, 2.05) is 22.6 Å². The lowest BCUT2D eigenvalue weighted by Gasteiger charge is -2.07. The Labute approximate surface area is 127 Å². The highest BCUT2D eigenvalue weighted by atomic mass is 127. The van der Waals surface area contributed by atoms with Crippen LogP contribution in [0.15, 0.2) is 18.2 Å². The molecule has 0 fully saturated rings. The van der Waals surface area contributed by atoms with Crippen molar-refractivity contribution in [1.82, 2.24) is 10.6 Å². The van der Waals surface area contributed by atoms with E-state index in [0.717, 1.165) is 0 Å². The quantitative estimate of drug-likeness (QED) is 0.644. The molecule has 0 aliphatic carbocycles. The van der Waals surface area contributed by atoms with Crippen molar-refractivity contribution in [2.75, 3.05) is 13.1 Å². The maximum Gasteiger partial charge on any atom is 0.322 e. The topological polar surface area (TPSA) is 95.5 Å². The minimum atomic E-state index is -1.15. The lowest BCUT2D eigenvalue weighted by atomic mass is 10.2. The highest BCUT2D eigenvalue weighted by Gasteiger charge is 2.12. The van der Waals surface area contributed by atoms with Crippen molar-refractivity contribution in [3.63, 3.8) is 0 Å². The third-order valence-corrected chi connectivity index (χ3v) is 3.20. The summed E-state index contributed by atoms with van der Waals surface area (Å²) in [5.74, 6) is -2.17. The number of rotatable bonds is 5. The van der Waals surface area contributed by atoms with Crippen LogP contribution in [0, 0.1) is 3.57 Å². The Balaban J connectivity index is 2.53. The zero-order valence-corrected chi connectivity index (χ0v) is 12.5. The van der Waals surface area contributed by atoms with E-state index >= 15 is 0 Å². The van der Waals surface area contributed by atoms with E-state index < -0.39 is 24.3 Å². The van der Waals surface area contributed by atoms with Gasteiger partial charge in [0, 0.05) is 8.59 Å². The molecule has 0 unspecified atom stereocenters. The van der Waals surface area contributed by atoms with E-state index in [2.05, 4.69) is 10.6 Å². The van der Waals surface area contributed by atoms with Crippen molar-refractivity contribution in [3.05, 3.63) is 32.4 Å². The minimum Gasteiger partial charge on any atom is -0.480 e. The molecule has 0 aromatic heterocycles. The molecule has 1 aromatic carbocycles. The largest absolute Gasteiger partial charge is 0.480 e. The Morgan fingerprint density at radius 2 is 1.89 bits per heavy atom. The second-order valence-corrected chi connectivity index (χ2v) is 5.08. The third kappa shape index (κ3) is 5.43. The van der Waals surface area contributed by atoms with Crippen molar-refractivity contribution in [2.24, 2.45) is 0 Å². The van der Waals surface area contributed by atoms with Crippen LogP contribution in [0.4, 0.5) is 0 Å². The van der Waals surface area contributed by atoms with Gasteiger partial charge in [0.25, 0.3) is 5.91 Å². The number of benzene rings is 1. The molecule has 8 heteroatoms. The van der Waals surface area contributed by atoms with Crippen LogP contribution in [-0.2, 0) is 9.59 Å². The fourth-order valence-corrected chi connectivity index (χ4v) is 1.92. The van der Waals surface area contributed by atoms with Crippen LogP contribution in [0.5, 0.6) is 0 Å². The van der Waals surface area contributed by atoms with E-state index in [-0.39, 0.29) is 6.54 Å². The van der Waals surface area contributed by atoms with Crippen molar-refractivity contribution in [2.45, 2.75) is 0 Å². The summed E-state index contributed by atoms with van der Waals surface area (Å²) in [5, 5.41) is 13.3. The number of carbonyl (C=O) groups is 3. The van der Waals surface area contributed by atoms with E-state index in [9.17, 15) is 14.4 Å². The van der Waals surface area contributed by atoms with Gasteiger partial charge in [-0.2, -0.15) is 0 Å². The Kier molecular flexibility index (Phi) is 6.03. The highest BCUT2D eigenvalue weighted by Crippen LogP contribution is 2.17. The van der Waals surface area contributed by atoms with Crippen molar-refractivity contribution >= 4 is 52.0 Å². The number of carbonyl (C=O) groups excluding carboxylic acids is 2. The van der Waals surface area contributed by atoms with Gasteiger partial charge in [-0.15, -0.1) is 0 Å². The maximum atomic E-state index is 11.8. The maximum absolute atomic E-state index is 11.8. The Morgan fingerprint density at radius 3 is 2.53 bits per heavy atom. The number of hydrogen-bond acceptors (Lipinski definition) is 3. The molecule has 102 valence electrons. The SMILES string of the molecule is O=C(O)CNC(=O)CNC(=O)c1cc(Cl)ccc1I. The van der Waals surface area contributed by atoms with Crippen molar-refractivity contribution < 1.29 is 19.5 Å². The first-order valence-corrected chi connectivity index (χ1v) is 6.57. The first kappa shape index (κ1) is 15.7. The van der Waals surface area contributed by atoms with E-state index in [4.69, 9.17) is 16.7 Å². The number of aliphatic carboxylic acids is 1. The molecule has 0 spiro atoms. The molecule has 6 nitrogen and oxygen atoms in total. The van der Waals surface area contributed by atoms with Gasteiger partial charge in [0.1, 0.15) is 6.54 Å². The molecular weight excluding hydrogens is 386 g/mol. The molecule has 0 heterocycles. The molecule has 3 N–H and O–H groups in total. The molecule has 0 bridgehead atoms. The molecule has 1 rings (SSSR count). The standard InChI is InChI=1S/C11H10ClIN2O4/c12-6-1-2-8(13)7(3-6)11(19)15-4-9(16)14-5-10(17)18/h1-3H,4-5H2,(H,14,16)(H,15,19)(H,17,18). The van der Waals surface area contributed by atoms with Gasteiger partial charge < -0.3 is 15.7 Å². The molecule has 0 saturated heterocycles. The average Bonchev–Trinajstić information content (AvgIpc) is 2.36. The Hall–Kier alpha value is -1.35. The molecule has 0 atom stereocenters. The van der Waals surface area contributed by atoms with Gasteiger partial charge in [0.2, 0.25) is 5.91 Å². The van der Waals surface area contributed by atoms with Gasteiger partial charge in [-0.1, -0.05) is 11.6 Å². The summed E-state index contributed by atoms with van der Waals surface area (Å²) in [6.07, 6.45) is 0. The predicted molar refractivity (Wildman–Crippen MR) is 77.1 cm³/mol.